The highest BCUT2D eigenvalue weighted by Gasteiger charge is 2.11. The summed E-state index contributed by atoms with van der Waals surface area (Å²) in [6, 6.07) is 8.85. The number of phenols is 1. The van der Waals surface area contributed by atoms with Gasteiger partial charge in [-0.3, -0.25) is 4.79 Å². The molecule has 0 aliphatic rings. The summed E-state index contributed by atoms with van der Waals surface area (Å²) >= 11 is 0. The Balaban J connectivity index is 2.27. The lowest BCUT2D eigenvalue weighted by molar-refractivity contribution is 0.276. The lowest BCUT2D eigenvalue weighted by atomic mass is 10.1. The van der Waals surface area contributed by atoms with E-state index in [1.54, 1.807) is 19.1 Å². The zero-order chi connectivity index (χ0) is 15.9. The minimum Gasteiger partial charge on any atom is -0.508 e. The van der Waals surface area contributed by atoms with Gasteiger partial charge in [0.05, 0.1) is 17.8 Å². The second-order valence-electron chi connectivity index (χ2n) is 5.22. The molecule has 112 valence electrons. The van der Waals surface area contributed by atoms with Gasteiger partial charge in [0, 0.05) is 28.6 Å². The number of halogens is 1. The van der Waals surface area contributed by atoms with Crippen molar-refractivity contribution >= 4 is 10.9 Å². The number of nitrogens with one attached hydrogen (secondary N) is 1. The monoisotopic (exact) mass is 299 g/mol. The molecule has 5 heteroatoms. The summed E-state index contributed by atoms with van der Waals surface area (Å²) in [5, 5.41) is 19.3. The van der Waals surface area contributed by atoms with Crippen molar-refractivity contribution in [3.63, 3.8) is 0 Å². The van der Waals surface area contributed by atoms with Crippen LogP contribution in [-0.2, 0) is 6.61 Å². The Morgan fingerprint density at radius 1 is 1.18 bits per heavy atom. The van der Waals surface area contributed by atoms with E-state index >= 15 is 0 Å². The molecule has 0 amide bonds. The quantitative estimate of drug-likeness (QED) is 0.681. The summed E-state index contributed by atoms with van der Waals surface area (Å²) in [6.45, 7) is 1.42. The van der Waals surface area contributed by atoms with Gasteiger partial charge >= 0.3 is 0 Å². The van der Waals surface area contributed by atoms with E-state index in [9.17, 15) is 14.3 Å². The first kappa shape index (κ1) is 14.3. The third kappa shape index (κ3) is 2.35. The fourth-order valence-corrected chi connectivity index (χ4v) is 2.44. The van der Waals surface area contributed by atoms with Gasteiger partial charge in [0.15, 0.2) is 5.43 Å². The molecule has 3 N–H and O–H groups in total. The first-order chi connectivity index (χ1) is 10.5. The number of aromatic hydroxyl groups is 1. The molecule has 0 aliphatic heterocycles. The van der Waals surface area contributed by atoms with Crippen molar-refractivity contribution in [2.45, 2.75) is 13.5 Å². The SMILES string of the molecule is Cc1ccc(-c2cc(=O)c3cc(CO)c(O)cc3[nH]2)c(F)c1. The van der Waals surface area contributed by atoms with Crippen molar-refractivity contribution in [2.24, 2.45) is 0 Å². The standard InChI is InChI=1S/C17H14FNO3/c1-9-2-3-11(13(18)4-9)14-7-17(22)12-5-10(8-20)16(21)6-15(12)19-14/h2-7,20-21H,8H2,1H3,(H,19,22). The molecule has 2 aromatic carbocycles. The number of hydrogen-bond donors (Lipinski definition) is 3. The second-order valence-corrected chi connectivity index (χ2v) is 5.22. The van der Waals surface area contributed by atoms with Crippen molar-refractivity contribution in [2.75, 3.05) is 0 Å². The first-order valence-electron chi connectivity index (χ1n) is 6.76. The number of benzene rings is 2. The lowest BCUT2D eigenvalue weighted by Gasteiger charge is -2.08. The maximum Gasteiger partial charge on any atom is 0.190 e. The van der Waals surface area contributed by atoms with Gasteiger partial charge in [0.25, 0.3) is 0 Å². The zero-order valence-electron chi connectivity index (χ0n) is 11.9. The van der Waals surface area contributed by atoms with Crippen LogP contribution in [0.15, 0.2) is 41.2 Å². The largest absolute Gasteiger partial charge is 0.508 e. The van der Waals surface area contributed by atoms with Crippen LogP contribution in [0.2, 0.25) is 0 Å². The van der Waals surface area contributed by atoms with Crippen LogP contribution in [-0.4, -0.2) is 15.2 Å². The molecule has 0 radical (unpaired) electrons. The van der Waals surface area contributed by atoms with Gasteiger partial charge in [-0.2, -0.15) is 0 Å². The molecule has 4 nitrogen and oxygen atoms in total. The maximum absolute atomic E-state index is 14.1. The van der Waals surface area contributed by atoms with Crippen LogP contribution < -0.4 is 5.43 Å². The van der Waals surface area contributed by atoms with Gasteiger partial charge in [0.2, 0.25) is 0 Å². The molecular formula is C17H14FNO3. The first-order valence-corrected chi connectivity index (χ1v) is 6.76. The van der Waals surface area contributed by atoms with Crippen LogP contribution in [0.25, 0.3) is 22.2 Å². The van der Waals surface area contributed by atoms with Gasteiger partial charge in [0.1, 0.15) is 11.6 Å². The highest BCUT2D eigenvalue weighted by Crippen LogP contribution is 2.26. The molecule has 0 unspecified atom stereocenters. The highest BCUT2D eigenvalue weighted by atomic mass is 19.1. The number of hydrogen-bond acceptors (Lipinski definition) is 3. The number of aromatic nitrogens is 1. The third-order valence-electron chi connectivity index (χ3n) is 3.61. The average Bonchev–Trinajstić information content (AvgIpc) is 2.46. The molecule has 0 fully saturated rings. The number of aliphatic hydroxyl groups is 1. The van der Waals surface area contributed by atoms with Gasteiger partial charge in [-0.05, 0) is 30.7 Å². The van der Waals surface area contributed by atoms with E-state index in [-0.39, 0.29) is 28.9 Å². The number of aromatic amines is 1. The summed E-state index contributed by atoms with van der Waals surface area (Å²) in [5.74, 6) is -0.543. The normalized spacial score (nSPS) is 11.0. The molecule has 0 spiro atoms. The van der Waals surface area contributed by atoms with E-state index in [1.165, 1.54) is 24.3 Å². The van der Waals surface area contributed by atoms with Crippen LogP contribution in [0.1, 0.15) is 11.1 Å². The number of rotatable bonds is 2. The number of H-pyrrole nitrogens is 1. The molecule has 0 saturated carbocycles. The van der Waals surface area contributed by atoms with E-state index in [4.69, 9.17) is 5.11 Å². The molecule has 0 bridgehead atoms. The van der Waals surface area contributed by atoms with Crippen LogP contribution >= 0.6 is 0 Å². The Hall–Kier alpha value is -2.66. The molecule has 0 aliphatic carbocycles. The molecule has 1 heterocycles. The Kier molecular flexibility index (Phi) is 3.42. The summed E-state index contributed by atoms with van der Waals surface area (Å²) in [6.07, 6.45) is 0. The van der Waals surface area contributed by atoms with Crippen molar-refractivity contribution < 1.29 is 14.6 Å². The van der Waals surface area contributed by atoms with Crippen LogP contribution in [0.5, 0.6) is 5.75 Å². The molecule has 0 atom stereocenters. The van der Waals surface area contributed by atoms with Crippen molar-refractivity contribution in [1.29, 1.82) is 0 Å². The molecule has 0 saturated heterocycles. The minimum atomic E-state index is -0.425. The molecule has 3 aromatic rings. The maximum atomic E-state index is 14.1. The number of fused-ring (bicyclic) bond motifs is 1. The van der Waals surface area contributed by atoms with E-state index in [2.05, 4.69) is 4.98 Å². The van der Waals surface area contributed by atoms with Crippen molar-refractivity contribution in [1.82, 2.24) is 4.98 Å². The predicted molar refractivity (Wildman–Crippen MR) is 82.3 cm³/mol. The topological polar surface area (TPSA) is 73.3 Å². The summed E-state index contributed by atoms with van der Waals surface area (Å²) in [5.41, 5.74) is 1.76. The average molecular weight is 299 g/mol. The van der Waals surface area contributed by atoms with Gasteiger partial charge in [-0.1, -0.05) is 6.07 Å². The minimum absolute atomic E-state index is 0.118. The Morgan fingerprint density at radius 2 is 1.95 bits per heavy atom. The molecule has 22 heavy (non-hydrogen) atoms. The summed E-state index contributed by atoms with van der Waals surface area (Å²) < 4.78 is 14.1. The van der Waals surface area contributed by atoms with Gasteiger partial charge in [-0.15, -0.1) is 0 Å². The van der Waals surface area contributed by atoms with E-state index in [0.29, 0.717) is 16.6 Å². The smallest absolute Gasteiger partial charge is 0.190 e. The summed E-state index contributed by atoms with van der Waals surface area (Å²) in [7, 11) is 0. The van der Waals surface area contributed by atoms with Crippen molar-refractivity contribution in [3.8, 4) is 17.0 Å². The van der Waals surface area contributed by atoms with Gasteiger partial charge < -0.3 is 15.2 Å². The molecular weight excluding hydrogens is 285 g/mol. The van der Waals surface area contributed by atoms with E-state index < -0.39 is 5.82 Å². The molecule has 1 aromatic heterocycles. The summed E-state index contributed by atoms with van der Waals surface area (Å²) in [4.78, 5) is 15.2. The van der Waals surface area contributed by atoms with Crippen molar-refractivity contribution in [3.05, 3.63) is 63.6 Å². The number of aliphatic hydroxyl groups excluding tert-OH is 1. The Morgan fingerprint density at radius 3 is 2.64 bits per heavy atom. The Labute approximate surface area is 125 Å². The molecule has 3 rings (SSSR count). The van der Waals surface area contributed by atoms with Gasteiger partial charge in [-0.25, -0.2) is 4.39 Å². The fourth-order valence-electron chi connectivity index (χ4n) is 2.44. The number of pyridine rings is 1. The van der Waals surface area contributed by atoms with Crippen LogP contribution in [0, 0.1) is 12.7 Å². The number of aryl methyl sites for hydroxylation is 1. The van der Waals surface area contributed by atoms with Crippen LogP contribution in [0.4, 0.5) is 4.39 Å². The second kappa shape index (κ2) is 5.27. The zero-order valence-corrected chi connectivity index (χ0v) is 11.9. The van der Waals surface area contributed by atoms with E-state index in [1.807, 2.05) is 0 Å². The lowest BCUT2D eigenvalue weighted by Crippen LogP contribution is -2.04. The Bertz CT molecular complexity index is 931. The van der Waals surface area contributed by atoms with E-state index in [0.717, 1.165) is 5.56 Å². The highest BCUT2D eigenvalue weighted by molar-refractivity contribution is 5.83. The van der Waals surface area contributed by atoms with Crippen LogP contribution in [0.3, 0.4) is 0 Å². The predicted octanol–water partition coefficient (Wildman–Crippen LogP) is 2.84. The third-order valence-corrected chi connectivity index (χ3v) is 3.61. The fraction of sp³-hybridized carbons (Fsp3) is 0.118.